The number of rotatable bonds is 5. The van der Waals surface area contributed by atoms with Crippen molar-refractivity contribution >= 4 is 13.3 Å². The number of methoxy groups -OCH3 is 1. The van der Waals surface area contributed by atoms with Crippen LogP contribution in [0.25, 0.3) is 0 Å². The van der Waals surface area contributed by atoms with Crippen LogP contribution in [-0.2, 0) is 18.6 Å². The van der Waals surface area contributed by atoms with Gasteiger partial charge in [-0.15, -0.1) is 0 Å². The quantitative estimate of drug-likeness (QED) is 0.491. The van der Waals surface area contributed by atoms with E-state index in [4.69, 9.17) is 4.52 Å². The Morgan fingerprint density at radius 2 is 2.00 bits per heavy atom. The second-order valence-electron chi connectivity index (χ2n) is 2.36. The van der Waals surface area contributed by atoms with E-state index in [2.05, 4.69) is 4.74 Å². The third-order valence-electron chi connectivity index (χ3n) is 1.70. The fourth-order valence-corrected chi connectivity index (χ4v) is 2.02. The third-order valence-corrected chi connectivity index (χ3v) is 4.23. The van der Waals surface area contributed by atoms with Crippen molar-refractivity contribution in [1.82, 2.24) is 0 Å². The van der Waals surface area contributed by atoms with Gasteiger partial charge in [-0.1, -0.05) is 6.92 Å². The van der Waals surface area contributed by atoms with Gasteiger partial charge in [0.05, 0.1) is 13.5 Å². The van der Waals surface area contributed by atoms with E-state index in [-0.39, 0.29) is 18.6 Å². The highest BCUT2D eigenvalue weighted by molar-refractivity contribution is 7.58. The van der Waals surface area contributed by atoms with Crippen molar-refractivity contribution in [2.24, 2.45) is 0 Å². The summed E-state index contributed by atoms with van der Waals surface area (Å²) in [6.45, 7) is 1.78. The van der Waals surface area contributed by atoms with Gasteiger partial charge in [0.25, 0.3) is 0 Å². The van der Waals surface area contributed by atoms with Crippen LogP contribution in [0.4, 0.5) is 0 Å². The number of carbonyl (C=O) groups is 1. The van der Waals surface area contributed by atoms with Gasteiger partial charge in [0, 0.05) is 19.4 Å². The normalized spacial score (nSPS) is 15.2. The molecule has 0 heterocycles. The Hall–Kier alpha value is -0.340. The predicted molar refractivity (Wildman–Crippen MR) is 46.7 cm³/mol. The van der Waals surface area contributed by atoms with Gasteiger partial charge in [-0.05, 0) is 0 Å². The molecule has 5 heteroatoms. The SMILES string of the molecule is CCP(=O)(CCC(=O)OC)OC. The van der Waals surface area contributed by atoms with Crippen molar-refractivity contribution < 1.29 is 18.6 Å². The number of esters is 1. The van der Waals surface area contributed by atoms with Crippen LogP contribution < -0.4 is 0 Å². The molecule has 0 aliphatic carbocycles. The maximum absolute atomic E-state index is 11.5. The number of carbonyl (C=O) groups excluding carboxylic acids is 1. The molecule has 0 aromatic carbocycles. The number of hydrogen-bond acceptors (Lipinski definition) is 4. The Kier molecular flexibility index (Phi) is 5.18. The molecule has 0 saturated heterocycles. The van der Waals surface area contributed by atoms with Gasteiger partial charge in [0.2, 0.25) is 7.37 Å². The zero-order chi connectivity index (χ0) is 9.61. The Labute approximate surface area is 72.7 Å². The first-order chi connectivity index (χ1) is 5.58. The third kappa shape index (κ3) is 3.88. The van der Waals surface area contributed by atoms with E-state index in [0.29, 0.717) is 6.16 Å². The van der Waals surface area contributed by atoms with Crippen LogP contribution >= 0.6 is 7.37 Å². The molecule has 0 aromatic rings. The Bertz CT molecular complexity index is 182. The fraction of sp³-hybridized carbons (Fsp3) is 0.857. The van der Waals surface area contributed by atoms with Crippen LogP contribution in [0, 0.1) is 0 Å². The van der Waals surface area contributed by atoms with E-state index < -0.39 is 7.37 Å². The van der Waals surface area contributed by atoms with Gasteiger partial charge in [0.1, 0.15) is 0 Å². The molecular formula is C7H15O4P. The van der Waals surface area contributed by atoms with Crippen LogP contribution in [-0.4, -0.2) is 32.5 Å². The Balaban J connectivity index is 3.89. The molecule has 72 valence electrons. The summed E-state index contributed by atoms with van der Waals surface area (Å²) in [6, 6.07) is 0. The lowest BCUT2D eigenvalue weighted by molar-refractivity contribution is -0.140. The average molecular weight is 194 g/mol. The smallest absolute Gasteiger partial charge is 0.306 e. The summed E-state index contributed by atoms with van der Waals surface area (Å²) in [5, 5.41) is 0. The molecular weight excluding hydrogens is 179 g/mol. The standard InChI is InChI=1S/C7H15O4P/c1-4-12(9,11-3)6-5-7(8)10-2/h4-6H2,1-3H3. The first kappa shape index (κ1) is 11.7. The molecule has 0 fully saturated rings. The lowest BCUT2D eigenvalue weighted by Crippen LogP contribution is -2.05. The molecule has 0 aromatic heterocycles. The molecule has 1 unspecified atom stereocenters. The molecule has 0 radical (unpaired) electrons. The van der Waals surface area contributed by atoms with Crippen LogP contribution in [0.2, 0.25) is 0 Å². The van der Waals surface area contributed by atoms with Crippen molar-refractivity contribution in [2.45, 2.75) is 13.3 Å². The lowest BCUT2D eigenvalue weighted by atomic mass is 10.5. The molecule has 4 nitrogen and oxygen atoms in total. The minimum Gasteiger partial charge on any atom is -0.469 e. The van der Waals surface area contributed by atoms with Gasteiger partial charge >= 0.3 is 5.97 Å². The summed E-state index contributed by atoms with van der Waals surface area (Å²) in [5.74, 6) is -0.347. The highest BCUT2D eigenvalue weighted by Crippen LogP contribution is 2.45. The predicted octanol–water partition coefficient (Wildman–Crippen LogP) is 1.49. The zero-order valence-corrected chi connectivity index (χ0v) is 8.60. The highest BCUT2D eigenvalue weighted by Gasteiger charge is 2.19. The summed E-state index contributed by atoms with van der Waals surface area (Å²) in [6.07, 6.45) is 0.891. The first-order valence-electron chi connectivity index (χ1n) is 3.78. The van der Waals surface area contributed by atoms with Crippen LogP contribution in [0.3, 0.4) is 0 Å². The molecule has 0 N–H and O–H groups in total. The van der Waals surface area contributed by atoms with Gasteiger partial charge in [-0.25, -0.2) is 0 Å². The molecule has 0 rings (SSSR count). The Morgan fingerprint density at radius 1 is 1.42 bits per heavy atom. The van der Waals surface area contributed by atoms with Crippen LogP contribution in [0.15, 0.2) is 0 Å². The topological polar surface area (TPSA) is 52.6 Å². The molecule has 0 saturated carbocycles. The second-order valence-corrected chi connectivity index (χ2v) is 5.44. The maximum Gasteiger partial charge on any atom is 0.306 e. The van der Waals surface area contributed by atoms with E-state index in [9.17, 15) is 9.36 Å². The summed E-state index contributed by atoms with van der Waals surface area (Å²) in [7, 11) is 0.167. The monoisotopic (exact) mass is 194 g/mol. The molecule has 0 bridgehead atoms. The van der Waals surface area contributed by atoms with Crippen molar-refractivity contribution in [3.05, 3.63) is 0 Å². The largest absolute Gasteiger partial charge is 0.469 e. The maximum atomic E-state index is 11.5. The molecule has 0 amide bonds. The summed E-state index contributed by atoms with van der Waals surface area (Å²) < 4.78 is 20.8. The van der Waals surface area contributed by atoms with E-state index in [1.165, 1.54) is 14.2 Å². The van der Waals surface area contributed by atoms with Crippen LogP contribution in [0.1, 0.15) is 13.3 Å². The van der Waals surface area contributed by atoms with Crippen molar-refractivity contribution in [2.75, 3.05) is 26.5 Å². The van der Waals surface area contributed by atoms with Crippen molar-refractivity contribution in [3.8, 4) is 0 Å². The van der Waals surface area contributed by atoms with Gasteiger partial charge in [-0.3, -0.25) is 9.36 Å². The molecule has 1 atom stereocenters. The average Bonchev–Trinajstić information content (AvgIpc) is 2.13. The van der Waals surface area contributed by atoms with E-state index >= 15 is 0 Å². The summed E-state index contributed by atoms with van der Waals surface area (Å²) in [5.41, 5.74) is 0. The molecule has 12 heavy (non-hydrogen) atoms. The van der Waals surface area contributed by atoms with Crippen LogP contribution in [0.5, 0.6) is 0 Å². The van der Waals surface area contributed by atoms with Crippen molar-refractivity contribution in [3.63, 3.8) is 0 Å². The van der Waals surface area contributed by atoms with Gasteiger partial charge in [-0.2, -0.15) is 0 Å². The molecule has 0 spiro atoms. The van der Waals surface area contributed by atoms with Gasteiger partial charge < -0.3 is 9.26 Å². The van der Waals surface area contributed by atoms with E-state index in [0.717, 1.165) is 0 Å². The lowest BCUT2D eigenvalue weighted by Gasteiger charge is -2.12. The number of ether oxygens (including phenoxy) is 1. The number of hydrogen-bond donors (Lipinski definition) is 0. The first-order valence-corrected chi connectivity index (χ1v) is 5.78. The Morgan fingerprint density at radius 3 is 2.33 bits per heavy atom. The minimum absolute atomic E-state index is 0.162. The van der Waals surface area contributed by atoms with E-state index in [1.54, 1.807) is 6.92 Å². The summed E-state index contributed by atoms with van der Waals surface area (Å²) >= 11 is 0. The molecule has 0 aliphatic heterocycles. The van der Waals surface area contributed by atoms with Crippen molar-refractivity contribution in [1.29, 1.82) is 0 Å². The molecule has 0 aliphatic rings. The second kappa shape index (κ2) is 5.33. The zero-order valence-electron chi connectivity index (χ0n) is 7.70. The highest BCUT2D eigenvalue weighted by atomic mass is 31.2. The minimum atomic E-state index is -2.55. The fourth-order valence-electron chi connectivity index (χ4n) is 0.742. The van der Waals surface area contributed by atoms with Gasteiger partial charge in [0.15, 0.2) is 0 Å². The van der Waals surface area contributed by atoms with E-state index in [1.807, 2.05) is 0 Å². The summed E-state index contributed by atoms with van der Waals surface area (Å²) in [4.78, 5) is 10.7.